The minimum absolute atomic E-state index is 0.0111. The molecule has 0 aliphatic carbocycles. The SMILES string of the molecule is CCCNc1nc(SC)nc2c1cnn2CCNC(=O)CC(c1ccccc1)c1ccccc1. The first-order chi connectivity index (χ1) is 16.7. The lowest BCUT2D eigenvalue weighted by Crippen LogP contribution is -2.29. The van der Waals surface area contributed by atoms with Crippen LogP contribution in [0.25, 0.3) is 11.0 Å². The highest BCUT2D eigenvalue weighted by molar-refractivity contribution is 7.98. The highest BCUT2D eigenvalue weighted by Crippen LogP contribution is 2.28. The summed E-state index contributed by atoms with van der Waals surface area (Å²) in [6.45, 7) is 3.97. The second kappa shape index (κ2) is 11.7. The Balaban J connectivity index is 1.43. The van der Waals surface area contributed by atoms with Crippen molar-refractivity contribution < 1.29 is 4.79 Å². The van der Waals surface area contributed by atoms with Gasteiger partial charge in [0.15, 0.2) is 10.8 Å². The minimum atomic E-state index is 0.0111. The summed E-state index contributed by atoms with van der Waals surface area (Å²) in [5, 5.41) is 12.5. The fraction of sp³-hybridized carbons (Fsp3) is 0.308. The zero-order valence-electron chi connectivity index (χ0n) is 19.6. The van der Waals surface area contributed by atoms with Crippen LogP contribution in [-0.2, 0) is 11.3 Å². The number of nitrogens with zero attached hydrogens (tertiary/aromatic N) is 4. The third-order valence-electron chi connectivity index (χ3n) is 5.64. The zero-order chi connectivity index (χ0) is 23.8. The van der Waals surface area contributed by atoms with Crippen LogP contribution in [0.5, 0.6) is 0 Å². The molecule has 0 spiro atoms. The summed E-state index contributed by atoms with van der Waals surface area (Å²) in [6, 6.07) is 20.4. The number of hydrogen-bond acceptors (Lipinski definition) is 6. The van der Waals surface area contributed by atoms with Crippen molar-refractivity contribution in [3.05, 3.63) is 78.0 Å². The molecule has 2 N–H and O–H groups in total. The topological polar surface area (TPSA) is 84.7 Å². The summed E-state index contributed by atoms with van der Waals surface area (Å²) in [5.74, 6) is 0.830. The van der Waals surface area contributed by atoms with E-state index in [1.165, 1.54) is 11.8 Å². The number of amides is 1. The normalized spacial score (nSPS) is 11.1. The largest absolute Gasteiger partial charge is 0.369 e. The Bertz CT molecular complexity index is 1170. The van der Waals surface area contributed by atoms with Crippen molar-refractivity contribution in [2.45, 2.75) is 37.4 Å². The predicted molar refractivity (Wildman–Crippen MR) is 138 cm³/mol. The van der Waals surface area contributed by atoms with Crippen molar-refractivity contribution in [3.63, 3.8) is 0 Å². The van der Waals surface area contributed by atoms with E-state index in [2.05, 4.69) is 56.9 Å². The highest BCUT2D eigenvalue weighted by Gasteiger charge is 2.18. The van der Waals surface area contributed by atoms with Crippen molar-refractivity contribution in [2.75, 3.05) is 24.7 Å². The fourth-order valence-electron chi connectivity index (χ4n) is 3.93. The van der Waals surface area contributed by atoms with Gasteiger partial charge in [0.1, 0.15) is 5.82 Å². The molecule has 2 aromatic heterocycles. The first-order valence-electron chi connectivity index (χ1n) is 11.6. The number of nitrogens with one attached hydrogen (secondary N) is 2. The molecule has 176 valence electrons. The third-order valence-corrected chi connectivity index (χ3v) is 6.19. The van der Waals surface area contributed by atoms with Gasteiger partial charge in [0.05, 0.1) is 18.1 Å². The van der Waals surface area contributed by atoms with Crippen LogP contribution in [0.2, 0.25) is 0 Å². The summed E-state index contributed by atoms with van der Waals surface area (Å²) >= 11 is 1.50. The average Bonchev–Trinajstić information content (AvgIpc) is 3.29. The number of benzene rings is 2. The molecule has 0 saturated carbocycles. The Hall–Kier alpha value is -3.39. The monoisotopic (exact) mass is 474 g/mol. The molecular weight excluding hydrogens is 444 g/mol. The molecule has 0 radical (unpaired) electrons. The molecule has 7 nitrogen and oxygen atoms in total. The van der Waals surface area contributed by atoms with Crippen molar-refractivity contribution in [3.8, 4) is 0 Å². The smallest absolute Gasteiger partial charge is 0.221 e. The second-order valence-electron chi connectivity index (χ2n) is 8.02. The standard InChI is InChI=1S/C26H30N6OS/c1-3-14-28-24-22-18-29-32(25(22)31-26(30-24)34-2)16-15-27-23(33)17-21(19-10-6-4-7-11-19)20-12-8-5-9-13-20/h4-13,18,21H,3,14-17H2,1-2H3,(H,27,33)(H,28,30,31). The number of thioether (sulfide) groups is 1. The van der Waals surface area contributed by atoms with Gasteiger partial charge in [-0.1, -0.05) is 79.3 Å². The molecule has 2 heterocycles. The third kappa shape index (κ3) is 5.75. The molecule has 0 unspecified atom stereocenters. The lowest BCUT2D eigenvalue weighted by Gasteiger charge is -2.18. The zero-order valence-corrected chi connectivity index (χ0v) is 20.4. The molecule has 1 amide bonds. The van der Waals surface area contributed by atoms with Gasteiger partial charge in [0, 0.05) is 25.4 Å². The van der Waals surface area contributed by atoms with Gasteiger partial charge in [-0.25, -0.2) is 14.6 Å². The maximum atomic E-state index is 12.9. The van der Waals surface area contributed by atoms with Crippen LogP contribution in [0.3, 0.4) is 0 Å². The van der Waals surface area contributed by atoms with Crippen molar-refractivity contribution in [1.29, 1.82) is 0 Å². The number of aromatic nitrogens is 4. The average molecular weight is 475 g/mol. The van der Waals surface area contributed by atoms with Gasteiger partial charge in [-0.3, -0.25) is 4.79 Å². The van der Waals surface area contributed by atoms with Gasteiger partial charge in [0.25, 0.3) is 0 Å². The predicted octanol–water partition coefficient (Wildman–Crippen LogP) is 4.71. The Morgan fingerprint density at radius 1 is 1.00 bits per heavy atom. The summed E-state index contributed by atoms with van der Waals surface area (Å²) in [7, 11) is 0. The van der Waals surface area contributed by atoms with Crippen LogP contribution in [0.4, 0.5) is 5.82 Å². The summed E-state index contributed by atoms with van der Waals surface area (Å²) in [5.41, 5.74) is 3.05. The van der Waals surface area contributed by atoms with E-state index >= 15 is 0 Å². The number of rotatable bonds is 11. The number of carbonyl (C=O) groups excluding carboxylic acids is 1. The Morgan fingerprint density at radius 2 is 1.68 bits per heavy atom. The number of anilines is 1. The molecule has 0 aliphatic rings. The maximum absolute atomic E-state index is 12.9. The van der Waals surface area contributed by atoms with Gasteiger partial charge in [-0.2, -0.15) is 5.10 Å². The molecule has 0 aliphatic heterocycles. The Labute approximate surface area is 204 Å². The lowest BCUT2D eigenvalue weighted by atomic mass is 9.88. The Kier molecular flexibility index (Phi) is 8.14. The van der Waals surface area contributed by atoms with E-state index in [4.69, 9.17) is 0 Å². The van der Waals surface area contributed by atoms with Crippen LogP contribution < -0.4 is 10.6 Å². The van der Waals surface area contributed by atoms with E-state index in [0.29, 0.717) is 24.7 Å². The second-order valence-corrected chi connectivity index (χ2v) is 8.79. The molecule has 4 aromatic rings. The summed E-state index contributed by atoms with van der Waals surface area (Å²) in [4.78, 5) is 22.1. The van der Waals surface area contributed by atoms with Gasteiger partial charge < -0.3 is 10.6 Å². The molecular formula is C26H30N6OS. The van der Waals surface area contributed by atoms with E-state index in [-0.39, 0.29) is 11.8 Å². The first-order valence-corrected chi connectivity index (χ1v) is 12.8. The number of fused-ring (bicyclic) bond motifs is 1. The number of carbonyl (C=O) groups is 1. The molecule has 0 bridgehead atoms. The highest BCUT2D eigenvalue weighted by atomic mass is 32.2. The van der Waals surface area contributed by atoms with E-state index in [1.54, 1.807) is 6.20 Å². The van der Waals surface area contributed by atoms with E-state index in [0.717, 1.165) is 40.9 Å². The van der Waals surface area contributed by atoms with E-state index in [1.807, 2.05) is 47.3 Å². The molecule has 4 rings (SSSR count). The van der Waals surface area contributed by atoms with Gasteiger partial charge in [-0.15, -0.1) is 0 Å². The molecule has 34 heavy (non-hydrogen) atoms. The molecule has 0 fully saturated rings. The fourth-order valence-corrected chi connectivity index (χ4v) is 4.29. The number of hydrogen-bond donors (Lipinski definition) is 2. The van der Waals surface area contributed by atoms with Crippen molar-refractivity contribution in [1.82, 2.24) is 25.1 Å². The van der Waals surface area contributed by atoms with Gasteiger partial charge in [0.2, 0.25) is 5.91 Å². The van der Waals surface area contributed by atoms with Crippen LogP contribution in [0.1, 0.15) is 36.8 Å². The summed E-state index contributed by atoms with van der Waals surface area (Å²) < 4.78 is 1.83. The van der Waals surface area contributed by atoms with Crippen LogP contribution in [-0.4, -0.2) is 45.0 Å². The molecule has 2 aromatic carbocycles. The quantitative estimate of drug-likeness (QED) is 0.242. The summed E-state index contributed by atoms with van der Waals surface area (Å²) in [6.07, 6.45) is 5.15. The van der Waals surface area contributed by atoms with E-state index in [9.17, 15) is 4.79 Å². The Morgan fingerprint density at radius 3 is 2.29 bits per heavy atom. The van der Waals surface area contributed by atoms with Crippen molar-refractivity contribution >= 4 is 34.5 Å². The van der Waals surface area contributed by atoms with Gasteiger partial charge in [-0.05, 0) is 23.8 Å². The lowest BCUT2D eigenvalue weighted by molar-refractivity contribution is -0.121. The van der Waals surface area contributed by atoms with E-state index < -0.39 is 0 Å². The van der Waals surface area contributed by atoms with Crippen LogP contribution in [0, 0.1) is 0 Å². The van der Waals surface area contributed by atoms with Crippen molar-refractivity contribution in [2.24, 2.45) is 0 Å². The van der Waals surface area contributed by atoms with Gasteiger partial charge >= 0.3 is 0 Å². The molecule has 8 heteroatoms. The van der Waals surface area contributed by atoms with Crippen LogP contribution in [0.15, 0.2) is 72.0 Å². The minimum Gasteiger partial charge on any atom is -0.369 e. The molecule has 0 atom stereocenters. The maximum Gasteiger partial charge on any atom is 0.221 e. The van der Waals surface area contributed by atoms with Crippen LogP contribution >= 0.6 is 11.8 Å². The molecule has 0 saturated heterocycles. The first kappa shape index (κ1) is 23.8.